The van der Waals surface area contributed by atoms with Gasteiger partial charge in [-0.15, -0.1) is 0 Å². The van der Waals surface area contributed by atoms with Crippen LogP contribution in [0.1, 0.15) is 40.9 Å². The molecule has 0 spiro atoms. The fraction of sp³-hybridized carbons (Fsp3) is 0.536. The normalized spacial score (nSPS) is 23.2. The number of carbonyl (C=O) groups is 1. The van der Waals surface area contributed by atoms with Crippen LogP contribution in [0.2, 0.25) is 0 Å². The van der Waals surface area contributed by atoms with E-state index in [1.165, 1.54) is 36.9 Å². The summed E-state index contributed by atoms with van der Waals surface area (Å²) < 4.78 is 4.80. The first-order valence-electron chi connectivity index (χ1n) is 12.6. The van der Waals surface area contributed by atoms with E-state index in [-0.39, 0.29) is 5.97 Å². The van der Waals surface area contributed by atoms with E-state index in [0.717, 1.165) is 45.8 Å². The maximum atomic E-state index is 11.7. The van der Waals surface area contributed by atoms with Gasteiger partial charge in [0.1, 0.15) is 0 Å². The highest BCUT2D eigenvalue weighted by Gasteiger charge is 2.29. The molecule has 0 radical (unpaired) electrons. The van der Waals surface area contributed by atoms with Gasteiger partial charge in [-0.1, -0.05) is 36.4 Å². The molecule has 34 heavy (non-hydrogen) atoms. The van der Waals surface area contributed by atoms with Crippen molar-refractivity contribution >= 4 is 5.97 Å². The van der Waals surface area contributed by atoms with Crippen LogP contribution in [0.25, 0.3) is 0 Å². The summed E-state index contributed by atoms with van der Waals surface area (Å²) in [5, 5.41) is 0. The van der Waals surface area contributed by atoms with Crippen LogP contribution in [-0.4, -0.2) is 91.1 Å². The maximum absolute atomic E-state index is 11.7. The quantitative estimate of drug-likeness (QED) is 0.586. The Kier molecular flexibility index (Phi) is 8.37. The van der Waals surface area contributed by atoms with E-state index in [4.69, 9.17) is 4.74 Å². The number of ether oxygens (including phenoxy) is 1. The molecule has 2 aliphatic rings. The van der Waals surface area contributed by atoms with E-state index >= 15 is 0 Å². The third-order valence-electron chi connectivity index (χ3n) is 7.35. The van der Waals surface area contributed by atoms with Gasteiger partial charge in [-0.05, 0) is 49.7 Å². The number of hydrogen-bond donors (Lipinski definition) is 0. The molecular formula is C28H40N4O2. The lowest BCUT2D eigenvalue weighted by atomic mass is 10.0. The monoisotopic (exact) mass is 464 g/mol. The van der Waals surface area contributed by atoms with Crippen LogP contribution in [-0.2, 0) is 24.4 Å². The lowest BCUT2D eigenvalue weighted by Gasteiger charge is -2.44. The molecule has 0 N–H and O–H groups in total. The molecule has 2 fully saturated rings. The first-order valence-corrected chi connectivity index (χ1v) is 12.6. The molecule has 0 amide bonds. The summed E-state index contributed by atoms with van der Waals surface area (Å²) in [4.78, 5) is 21.8. The van der Waals surface area contributed by atoms with Crippen LogP contribution in [0.5, 0.6) is 0 Å². The van der Waals surface area contributed by atoms with Crippen LogP contribution >= 0.6 is 0 Å². The molecule has 0 bridgehead atoms. The minimum Gasteiger partial charge on any atom is -0.465 e. The topological polar surface area (TPSA) is 39.3 Å². The SMILES string of the molecule is COC(=O)c1ccc(CN2C[C@@H](C)N(Cc3ccc(CN4CCN(C)CC4)cc3)[C@@H](C)C2)cc1. The molecule has 2 heterocycles. The van der Waals surface area contributed by atoms with Crippen molar-refractivity contribution in [1.29, 1.82) is 0 Å². The average molecular weight is 465 g/mol. The van der Waals surface area contributed by atoms with E-state index in [1.807, 2.05) is 24.3 Å². The van der Waals surface area contributed by atoms with Crippen molar-refractivity contribution in [2.24, 2.45) is 0 Å². The van der Waals surface area contributed by atoms with Gasteiger partial charge in [0.2, 0.25) is 0 Å². The molecule has 6 heteroatoms. The van der Waals surface area contributed by atoms with Crippen LogP contribution in [0, 0.1) is 0 Å². The summed E-state index contributed by atoms with van der Waals surface area (Å²) >= 11 is 0. The van der Waals surface area contributed by atoms with Gasteiger partial charge in [-0.3, -0.25) is 14.7 Å². The fourth-order valence-corrected chi connectivity index (χ4v) is 5.25. The number of hydrogen-bond acceptors (Lipinski definition) is 6. The zero-order chi connectivity index (χ0) is 24.1. The molecule has 2 saturated heterocycles. The summed E-state index contributed by atoms with van der Waals surface area (Å²) in [7, 11) is 3.62. The van der Waals surface area contributed by atoms with Crippen molar-refractivity contribution in [2.75, 3.05) is 53.4 Å². The highest BCUT2D eigenvalue weighted by molar-refractivity contribution is 5.89. The Balaban J connectivity index is 1.28. The minimum atomic E-state index is -0.283. The van der Waals surface area contributed by atoms with Crippen LogP contribution in [0.15, 0.2) is 48.5 Å². The van der Waals surface area contributed by atoms with Crippen LogP contribution in [0.3, 0.4) is 0 Å². The summed E-state index contributed by atoms with van der Waals surface area (Å²) in [6, 6.07) is 18.0. The van der Waals surface area contributed by atoms with Crippen LogP contribution < -0.4 is 0 Å². The van der Waals surface area contributed by atoms with Gasteiger partial charge in [-0.2, -0.15) is 0 Å². The Morgan fingerprint density at radius 3 is 1.76 bits per heavy atom. The number of likely N-dealkylation sites (N-methyl/N-ethyl adjacent to an activating group) is 1. The predicted octanol–water partition coefficient (Wildman–Crippen LogP) is 3.32. The van der Waals surface area contributed by atoms with Crippen molar-refractivity contribution < 1.29 is 9.53 Å². The molecule has 6 nitrogen and oxygen atoms in total. The average Bonchev–Trinajstić information content (AvgIpc) is 2.84. The van der Waals surface area contributed by atoms with Gasteiger partial charge in [-0.25, -0.2) is 4.79 Å². The van der Waals surface area contributed by atoms with E-state index in [1.54, 1.807) is 0 Å². The zero-order valence-corrected chi connectivity index (χ0v) is 21.2. The fourth-order valence-electron chi connectivity index (χ4n) is 5.25. The Morgan fingerprint density at radius 2 is 1.24 bits per heavy atom. The molecule has 2 aromatic carbocycles. The van der Waals surface area contributed by atoms with Gasteiger partial charge in [0.25, 0.3) is 0 Å². The number of benzene rings is 2. The standard InChI is InChI=1S/C28H40N4O2/c1-22-17-31(20-25-9-11-27(12-10-25)28(33)34-4)18-23(2)32(22)21-26-7-5-24(6-8-26)19-30-15-13-29(3)14-16-30/h5-12,22-23H,13-21H2,1-4H3/t22-,23+. The second-order valence-electron chi connectivity index (χ2n) is 10.1. The lowest BCUT2D eigenvalue weighted by Crippen LogP contribution is -2.55. The Morgan fingerprint density at radius 1 is 0.765 bits per heavy atom. The van der Waals surface area contributed by atoms with Gasteiger partial charge in [0.15, 0.2) is 0 Å². The molecule has 2 aromatic rings. The van der Waals surface area contributed by atoms with Crippen LogP contribution in [0.4, 0.5) is 0 Å². The Labute approximate surface area is 205 Å². The van der Waals surface area contributed by atoms with E-state index < -0.39 is 0 Å². The minimum absolute atomic E-state index is 0.283. The smallest absolute Gasteiger partial charge is 0.337 e. The van der Waals surface area contributed by atoms with Crippen molar-refractivity contribution in [3.63, 3.8) is 0 Å². The second kappa shape index (κ2) is 11.5. The van der Waals surface area contributed by atoms with Crippen molar-refractivity contribution in [1.82, 2.24) is 19.6 Å². The highest BCUT2D eigenvalue weighted by Crippen LogP contribution is 2.21. The lowest BCUT2D eigenvalue weighted by molar-refractivity contribution is 0.0290. The van der Waals surface area contributed by atoms with Gasteiger partial charge >= 0.3 is 5.97 Å². The van der Waals surface area contributed by atoms with Crippen molar-refractivity contribution in [2.45, 2.75) is 45.6 Å². The maximum Gasteiger partial charge on any atom is 0.337 e. The Hall–Kier alpha value is -2.25. The summed E-state index contributed by atoms with van der Waals surface area (Å²) in [5.74, 6) is -0.283. The molecule has 0 aliphatic carbocycles. The zero-order valence-electron chi connectivity index (χ0n) is 21.2. The number of methoxy groups -OCH3 is 1. The van der Waals surface area contributed by atoms with Gasteiger partial charge < -0.3 is 9.64 Å². The van der Waals surface area contributed by atoms with Crippen molar-refractivity contribution in [3.8, 4) is 0 Å². The molecule has 2 aliphatic heterocycles. The predicted molar refractivity (Wildman–Crippen MR) is 137 cm³/mol. The molecule has 0 unspecified atom stereocenters. The van der Waals surface area contributed by atoms with E-state index in [9.17, 15) is 4.79 Å². The molecule has 0 saturated carbocycles. The first-order chi connectivity index (χ1) is 16.4. The van der Waals surface area contributed by atoms with Crippen molar-refractivity contribution in [3.05, 3.63) is 70.8 Å². The third-order valence-corrected chi connectivity index (χ3v) is 7.35. The van der Waals surface area contributed by atoms with E-state index in [0.29, 0.717) is 17.6 Å². The van der Waals surface area contributed by atoms with Gasteiger partial charge in [0.05, 0.1) is 12.7 Å². The summed E-state index contributed by atoms with van der Waals surface area (Å²) in [6.45, 7) is 14.4. The number of esters is 1. The second-order valence-corrected chi connectivity index (χ2v) is 10.1. The number of carbonyl (C=O) groups excluding carboxylic acids is 1. The third kappa shape index (κ3) is 6.45. The highest BCUT2D eigenvalue weighted by atomic mass is 16.5. The summed E-state index contributed by atoms with van der Waals surface area (Å²) in [6.07, 6.45) is 0. The largest absolute Gasteiger partial charge is 0.465 e. The first kappa shape index (κ1) is 24.9. The molecule has 184 valence electrons. The van der Waals surface area contributed by atoms with E-state index in [2.05, 4.69) is 64.8 Å². The van der Waals surface area contributed by atoms with Gasteiger partial charge in [0, 0.05) is 71.0 Å². The number of rotatable bonds is 7. The Bertz CT molecular complexity index is 910. The summed E-state index contributed by atoms with van der Waals surface area (Å²) in [5.41, 5.74) is 4.65. The molecule has 4 rings (SSSR count). The molecular weight excluding hydrogens is 424 g/mol. The number of nitrogens with zero attached hydrogens (tertiary/aromatic N) is 4. The molecule has 2 atom stereocenters. The number of piperazine rings is 2. The molecule has 0 aromatic heterocycles.